The van der Waals surface area contributed by atoms with Crippen molar-refractivity contribution in [3.8, 4) is 5.69 Å². The SMILES string of the molecule is CN1CCC([Si](c2ccccc2)(c2ccccc2)c2ccc3c(c2)c2ccccc2n3-c2ccccc2)CC1. The first-order valence-electron chi connectivity index (χ1n) is 14.2. The Morgan fingerprint density at radius 2 is 1.08 bits per heavy atom. The van der Waals surface area contributed by atoms with Gasteiger partial charge in [0.15, 0.2) is 8.07 Å². The molecule has 2 heterocycles. The number of hydrogen-bond acceptors (Lipinski definition) is 1. The fraction of sp³-hybridized carbons (Fsp3) is 0.167. The standard InChI is InChI=1S/C36H34N2Si/c1-37-25-23-31(24-26-37)39(29-15-7-3-8-16-29,30-17-9-4-10-18-30)32-21-22-36-34(27-32)33-19-11-12-20-35(33)38(36)28-13-5-2-6-14-28/h2-22,27,31H,23-26H2,1H3. The van der Waals surface area contributed by atoms with E-state index >= 15 is 0 Å². The number of para-hydroxylation sites is 2. The van der Waals surface area contributed by atoms with Gasteiger partial charge in [-0.1, -0.05) is 109 Å². The van der Waals surface area contributed by atoms with Crippen LogP contribution >= 0.6 is 0 Å². The molecule has 0 radical (unpaired) electrons. The van der Waals surface area contributed by atoms with Crippen molar-refractivity contribution < 1.29 is 0 Å². The van der Waals surface area contributed by atoms with Crippen LogP contribution in [0.4, 0.5) is 0 Å². The average molecular weight is 523 g/mol. The highest BCUT2D eigenvalue weighted by Gasteiger charge is 2.47. The second kappa shape index (κ2) is 9.99. The van der Waals surface area contributed by atoms with E-state index in [1.54, 1.807) is 0 Å². The number of likely N-dealkylation sites (tertiary alicyclic amines) is 1. The fourth-order valence-electron chi connectivity index (χ4n) is 7.12. The lowest BCUT2D eigenvalue weighted by molar-refractivity contribution is 0.275. The zero-order valence-electron chi connectivity index (χ0n) is 22.5. The number of nitrogens with zero attached hydrogens (tertiary/aromatic N) is 2. The van der Waals surface area contributed by atoms with E-state index < -0.39 is 8.07 Å². The molecular weight excluding hydrogens is 488 g/mol. The first kappa shape index (κ1) is 24.1. The van der Waals surface area contributed by atoms with Crippen LogP contribution in [0.2, 0.25) is 5.54 Å². The third-order valence-electron chi connectivity index (χ3n) is 8.93. The molecule has 0 amide bonds. The molecule has 5 aromatic carbocycles. The van der Waals surface area contributed by atoms with E-state index in [1.807, 2.05) is 0 Å². The van der Waals surface area contributed by atoms with Gasteiger partial charge in [-0.25, -0.2) is 0 Å². The molecule has 7 rings (SSSR count). The van der Waals surface area contributed by atoms with Crippen LogP contribution in [0.5, 0.6) is 0 Å². The molecular formula is C36H34N2Si. The van der Waals surface area contributed by atoms with Gasteiger partial charge in [0.1, 0.15) is 0 Å². The zero-order valence-corrected chi connectivity index (χ0v) is 23.5. The monoisotopic (exact) mass is 522 g/mol. The van der Waals surface area contributed by atoms with E-state index in [0.29, 0.717) is 5.54 Å². The summed E-state index contributed by atoms with van der Waals surface area (Å²) in [5.41, 5.74) is 4.39. The third kappa shape index (κ3) is 3.96. The number of rotatable bonds is 5. The first-order valence-corrected chi connectivity index (χ1v) is 16.2. The molecule has 1 fully saturated rings. The lowest BCUT2D eigenvalue weighted by Crippen LogP contribution is -2.70. The molecule has 0 unspecified atom stereocenters. The van der Waals surface area contributed by atoms with Crippen LogP contribution in [0.15, 0.2) is 133 Å². The van der Waals surface area contributed by atoms with E-state index in [4.69, 9.17) is 0 Å². The summed E-state index contributed by atoms with van der Waals surface area (Å²) in [6, 6.07) is 50.1. The van der Waals surface area contributed by atoms with Crippen LogP contribution < -0.4 is 15.6 Å². The minimum absolute atomic E-state index is 0.637. The molecule has 6 aromatic rings. The molecule has 39 heavy (non-hydrogen) atoms. The lowest BCUT2D eigenvalue weighted by atomic mass is 10.1. The molecule has 2 nitrogen and oxygen atoms in total. The number of benzene rings is 5. The number of hydrogen-bond donors (Lipinski definition) is 0. The van der Waals surface area contributed by atoms with Gasteiger partial charge < -0.3 is 9.47 Å². The van der Waals surface area contributed by atoms with E-state index in [-0.39, 0.29) is 0 Å². The smallest absolute Gasteiger partial charge is 0.151 e. The van der Waals surface area contributed by atoms with Gasteiger partial charge in [0.2, 0.25) is 0 Å². The van der Waals surface area contributed by atoms with Crippen molar-refractivity contribution in [2.24, 2.45) is 0 Å². The average Bonchev–Trinajstić information content (AvgIpc) is 3.34. The summed E-state index contributed by atoms with van der Waals surface area (Å²) in [6.07, 6.45) is 2.46. The summed E-state index contributed by atoms with van der Waals surface area (Å²) in [5.74, 6) is 0. The van der Waals surface area contributed by atoms with Gasteiger partial charge >= 0.3 is 0 Å². The maximum Gasteiger partial charge on any atom is 0.151 e. The van der Waals surface area contributed by atoms with Crippen LogP contribution in [-0.2, 0) is 0 Å². The maximum absolute atomic E-state index is 2.57. The maximum atomic E-state index is 2.57. The Kier molecular flexibility index (Phi) is 6.19. The molecule has 0 aliphatic carbocycles. The van der Waals surface area contributed by atoms with E-state index in [2.05, 4.69) is 150 Å². The summed E-state index contributed by atoms with van der Waals surface area (Å²) >= 11 is 0. The Morgan fingerprint density at radius 3 is 1.72 bits per heavy atom. The van der Waals surface area contributed by atoms with Crippen molar-refractivity contribution in [3.63, 3.8) is 0 Å². The van der Waals surface area contributed by atoms with Gasteiger partial charge in [-0.05, 0) is 78.3 Å². The first-order chi connectivity index (χ1) is 19.3. The van der Waals surface area contributed by atoms with Gasteiger partial charge in [0, 0.05) is 16.5 Å². The molecule has 0 atom stereocenters. The second-order valence-electron chi connectivity index (χ2n) is 11.0. The molecule has 1 aromatic heterocycles. The Bertz CT molecular complexity index is 1680. The third-order valence-corrected chi connectivity index (χ3v) is 14.4. The van der Waals surface area contributed by atoms with Gasteiger partial charge in [-0.3, -0.25) is 0 Å². The van der Waals surface area contributed by atoms with Crippen molar-refractivity contribution in [1.29, 1.82) is 0 Å². The molecule has 1 saturated heterocycles. The number of piperidine rings is 1. The molecule has 0 spiro atoms. The van der Waals surface area contributed by atoms with Gasteiger partial charge in [0.05, 0.1) is 11.0 Å². The summed E-state index contributed by atoms with van der Waals surface area (Å²) in [6.45, 7) is 2.32. The Hall–Kier alpha value is -3.92. The topological polar surface area (TPSA) is 8.17 Å². The van der Waals surface area contributed by atoms with Crippen LogP contribution in [0, 0.1) is 0 Å². The second-order valence-corrected chi connectivity index (χ2v) is 15.2. The number of aromatic nitrogens is 1. The molecule has 3 heteroatoms. The molecule has 0 N–H and O–H groups in total. The highest BCUT2D eigenvalue weighted by Crippen LogP contribution is 2.36. The Morgan fingerprint density at radius 1 is 0.538 bits per heavy atom. The van der Waals surface area contributed by atoms with Crippen LogP contribution in [0.25, 0.3) is 27.5 Å². The summed E-state index contributed by atoms with van der Waals surface area (Å²) in [4.78, 5) is 2.50. The number of fused-ring (bicyclic) bond motifs is 3. The predicted molar refractivity (Wildman–Crippen MR) is 169 cm³/mol. The summed E-state index contributed by atoms with van der Waals surface area (Å²) in [7, 11) is -0.0903. The summed E-state index contributed by atoms with van der Waals surface area (Å²) in [5, 5.41) is 7.25. The Labute approximate surface area is 232 Å². The van der Waals surface area contributed by atoms with Crippen LogP contribution in [0.3, 0.4) is 0 Å². The van der Waals surface area contributed by atoms with E-state index in [0.717, 1.165) is 13.1 Å². The lowest BCUT2D eigenvalue weighted by Gasteiger charge is -2.44. The zero-order chi connectivity index (χ0) is 26.2. The quantitative estimate of drug-likeness (QED) is 0.189. The van der Waals surface area contributed by atoms with Crippen molar-refractivity contribution in [2.75, 3.05) is 20.1 Å². The van der Waals surface area contributed by atoms with Gasteiger partial charge in [0.25, 0.3) is 0 Å². The highest BCUT2D eigenvalue weighted by molar-refractivity contribution is 7.12. The van der Waals surface area contributed by atoms with Gasteiger partial charge in [-0.2, -0.15) is 0 Å². The van der Waals surface area contributed by atoms with E-state index in [9.17, 15) is 0 Å². The molecule has 192 valence electrons. The predicted octanol–water partition coefficient (Wildman–Crippen LogP) is 6.35. The van der Waals surface area contributed by atoms with Gasteiger partial charge in [-0.15, -0.1) is 0 Å². The molecule has 1 aliphatic rings. The highest BCUT2D eigenvalue weighted by atomic mass is 28.3. The summed E-state index contributed by atoms with van der Waals surface area (Å²) < 4.78 is 2.43. The minimum atomic E-state index is -2.36. The molecule has 0 bridgehead atoms. The van der Waals surface area contributed by atoms with Crippen molar-refractivity contribution in [3.05, 3.63) is 133 Å². The van der Waals surface area contributed by atoms with Crippen molar-refractivity contribution >= 4 is 45.4 Å². The molecule has 1 aliphatic heterocycles. The van der Waals surface area contributed by atoms with Crippen LogP contribution in [0.1, 0.15) is 12.8 Å². The van der Waals surface area contributed by atoms with Crippen molar-refractivity contribution in [2.45, 2.75) is 18.4 Å². The fourth-order valence-corrected chi connectivity index (χ4v) is 12.8. The minimum Gasteiger partial charge on any atom is -0.309 e. The molecule has 0 saturated carbocycles. The largest absolute Gasteiger partial charge is 0.309 e. The Balaban J connectivity index is 1.55. The van der Waals surface area contributed by atoms with E-state index in [1.165, 1.54) is 55.9 Å². The van der Waals surface area contributed by atoms with Crippen LogP contribution in [-0.4, -0.2) is 37.7 Å². The van der Waals surface area contributed by atoms with Crippen molar-refractivity contribution in [1.82, 2.24) is 9.47 Å². The normalized spacial score (nSPS) is 15.2.